The van der Waals surface area contributed by atoms with Gasteiger partial charge in [0.15, 0.2) is 5.82 Å². The summed E-state index contributed by atoms with van der Waals surface area (Å²) in [6.07, 6.45) is 0.950. The number of nitrogens with one attached hydrogen (secondary N) is 1. The summed E-state index contributed by atoms with van der Waals surface area (Å²) in [5.41, 5.74) is 6.45. The zero-order valence-electron chi connectivity index (χ0n) is 9.48. The first-order valence-electron chi connectivity index (χ1n) is 5.36. The molecule has 0 radical (unpaired) electrons. The van der Waals surface area contributed by atoms with E-state index < -0.39 is 0 Å². The highest BCUT2D eigenvalue weighted by molar-refractivity contribution is 7.09. The van der Waals surface area contributed by atoms with Crippen molar-refractivity contribution in [2.45, 2.75) is 19.4 Å². The van der Waals surface area contributed by atoms with Crippen LogP contribution in [-0.2, 0) is 6.42 Å². The van der Waals surface area contributed by atoms with Gasteiger partial charge in [0.1, 0.15) is 5.15 Å². The highest BCUT2D eigenvalue weighted by Crippen LogP contribution is 2.20. The van der Waals surface area contributed by atoms with E-state index in [9.17, 15) is 0 Å². The number of halogens is 1. The fourth-order valence-corrected chi connectivity index (χ4v) is 2.56. The maximum Gasteiger partial charge on any atom is 0.151 e. The molecule has 2 aromatic rings. The average Bonchev–Trinajstić information content (AvgIpc) is 2.76. The number of nitrogens with zero attached hydrogens (tertiary/aromatic N) is 1. The molecule has 0 fully saturated rings. The molecule has 0 saturated carbocycles. The van der Waals surface area contributed by atoms with Gasteiger partial charge in [0.2, 0.25) is 0 Å². The van der Waals surface area contributed by atoms with Crippen molar-refractivity contribution < 1.29 is 0 Å². The standard InChI is InChI=1S/C12H14ClN3S/c1-8(7-9-3-2-6-17-9)15-12-10(14)4-5-11(13)16-12/h2-6,8H,7,14H2,1H3,(H,15,16). The summed E-state index contributed by atoms with van der Waals surface area (Å²) >= 11 is 7.59. The normalized spacial score (nSPS) is 12.4. The van der Waals surface area contributed by atoms with Gasteiger partial charge in [0.25, 0.3) is 0 Å². The second kappa shape index (κ2) is 5.38. The van der Waals surface area contributed by atoms with Crippen LogP contribution in [-0.4, -0.2) is 11.0 Å². The van der Waals surface area contributed by atoms with E-state index in [-0.39, 0.29) is 6.04 Å². The molecule has 0 bridgehead atoms. The monoisotopic (exact) mass is 267 g/mol. The molecular weight excluding hydrogens is 254 g/mol. The minimum absolute atomic E-state index is 0.266. The van der Waals surface area contributed by atoms with Crippen LogP contribution < -0.4 is 11.1 Å². The summed E-state index contributed by atoms with van der Waals surface area (Å²) < 4.78 is 0. The predicted molar refractivity (Wildman–Crippen MR) is 74.8 cm³/mol. The lowest BCUT2D eigenvalue weighted by atomic mass is 10.2. The van der Waals surface area contributed by atoms with E-state index in [4.69, 9.17) is 17.3 Å². The maximum atomic E-state index is 5.84. The van der Waals surface area contributed by atoms with Crippen molar-refractivity contribution in [1.29, 1.82) is 0 Å². The van der Waals surface area contributed by atoms with E-state index in [1.54, 1.807) is 23.5 Å². The number of aromatic nitrogens is 1. The van der Waals surface area contributed by atoms with Gasteiger partial charge in [0.05, 0.1) is 5.69 Å². The van der Waals surface area contributed by atoms with Crippen LogP contribution in [0.4, 0.5) is 11.5 Å². The minimum Gasteiger partial charge on any atom is -0.396 e. The third-order valence-corrected chi connectivity index (χ3v) is 3.47. The second-order valence-corrected chi connectivity index (χ2v) is 5.32. The molecule has 5 heteroatoms. The summed E-state index contributed by atoms with van der Waals surface area (Å²) in [4.78, 5) is 5.51. The van der Waals surface area contributed by atoms with Crippen molar-refractivity contribution in [3.63, 3.8) is 0 Å². The van der Waals surface area contributed by atoms with Gasteiger partial charge in [-0.05, 0) is 30.5 Å². The Bertz CT molecular complexity index is 485. The highest BCUT2D eigenvalue weighted by Gasteiger charge is 2.08. The van der Waals surface area contributed by atoms with Gasteiger partial charge in [0, 0.05) is 17.3 Å². The smallest absolute Gasteiger partial charge is 0.151 e. The highest BCUT2D eigenvalue weighted by atomic mass is 35.5. The number of nitrogen functional groups attached to an aromatic ring is 1. The van der Waals surface area contributed by atoms with Crippen LogP contribution in [0.1, 0.15) is 11.8 Å². The number of anilines is 2. The van der Waals surface area contributed by atoms with Gasteiger partial charge in [-0.15, -0.1) is 11.3 Å². The van der Waals surface area contributed by atoms with Crippen molar-refractivity contribution in [3.05, 3.63) is 39.7 Å². The Labute approximate surface area is 110 Å². The Kier molecular flexibility index (Phi) is 3.86. The Morgan fingerprint density at radius 1 is 1.47 bits per heavy atom. The largest absolute Gasteiger partial charge is 0.396 e. The molecule has 2 heterocycles. The van der Waals surface area contributed by atoms with Crippen molar-refractivity contribution in [2.24, 2.45) is 0 Å². The van der Waals surface area contributed by atoms with Crippen LogP contribution in [0.15, 0.2) is 29.6 Å². The first-order valence-corrected chi connectivity index (χ1v) is 6.62. The van der Waals surface area contributed by atoms with Gasteiger partial charge in [-0.25, -0.2) is 4.98 Å². The third kappa shape index (κ3) is 3.35. The fourth-order valence-electron chi connectivity index (χ4n) is 1.58. The lowest BCUT2D eigenvalue weighted by Crippen LogP contribution is -2.19. The summed E-state index contributed by atoms with van der Waals surface area (Å²) in [7, 11) is 0. The lowest BCUT2D eigenvalue weighted by Gasteiger charge is -2.15. The van der Waals surface area contributed by atoms with Crippen LogP contribution in [0.2, 0.25) is 5.15 Å². The lowest BCUT2D eigenvalue weighted by molar-refractivity contribution is 0.795. The molecule has 0 spiro atoms. The summed E-state index contributed by atoms with van der Waals surface area (Å²) in [5.74, 6) is 0.654. The van der Waals surface area contributed by atoms with Crippen LogP contribution in [0.25, 0.3) is 0 Å². The van der Waals surface area contributed by atoms with Crippen molar-refractivity contribution in [2.75, 3.05) is 11.1 Å². The van der Waals surface area contributed by atoms with Gasteiger partial charge in [-0.3, -0.25) is 0 Å². The zero-order valence-corrected chi connectivity index (χ0v) is 11.1. The summed E-state index contributed by atoms with van der Waals surface area (Å²) in [5, 5.41) is 5.80. The van der Waals surface area contributed by atoms with E-state index >= 15 is 0 Å². The number of hydrogen-bond acceptors (Lipinski definition) is 4. The molecule has 0 aliphatic rings. The summed E-state index contributed by atoms with van der Waals surface area (Å²) in [6.45, 7) is 2.10. The molecule has 3 N–H and O–H groups in total. The fraction of sp³-hybridized carbons (Fsp3) is 0.250. The van der Waals surface area contributed by atoms with Crippen LogP contribution >= 0.6 is 22.9 Å². The van der Waals surface area contributed by atoms with Gasteiger partial charge in [-0.2, -0.15) is 0 Å². The number of hydrogen-bond donors (Lipinski definition) is 2. The number of nitrogens with two attached hydrogens (primary N) is 1. The Balaban J connectivity index is 2.02. The molecule has 2 rings (SSSR count). The van der Waals surface area contributed by atoms with Crippen molar-refractivity contribution in [3.8, 4) is 0 Å². The van der Waals surface area contributed by atoms with Gasteiger partial charge >= 0.3 is 0 Å². The van der Waals surface area contributed by atoms with Crippen LogP contribution in [0, 0.1) is 0 Å². The zero-order chi connectivity index (χ0) is 12.3. The Hall–Kier alpha value is -1.26. The first-order chi connectivity index (χ1) is 8.15. The SMILES string of the molecule is CC(Cc1cccs1)Nc1nc(Cl)ccc1N. The van der Waals surface area contributed by atoms with Crippen molar-refractivity contribution in [1.82, 2.24) is 4.98 Å². The second-order valence-electron chi connectivity index (χ2n) is 3.90. The molecule has 3 nitrogen and oxygen atoms in total. The number of thiophene rings is 1. The van der Waals surface area contributed by atoms with Crippen LogP contribution in [0.5, 0.6) is 0 Å². The molecule has 0 saturated heterocycles. The quantitative estimate of drug-likeness (QED) is 0.835. The Morgan fingerprint density at radius 3 is 3.00 bits per heavy atom. The van der Waals surface area contributed by atoms with Gasteiger partial charge < -0.3 is 11.1 Å². The molecule has 90 valence electrons. The minimum atomic E-state index is 0.266. The molecule has 0 amide bonds. The topological polar surface area (TPSA) is 50.9 Å². The van der Waals surface area contributed by atoms with E-state index in [0.29, 0.717) is 16.7 Å². The third-order valence-electron chi connectivity index (χ3n) is 2.36. The summed E-state index contributed by atoms with van der Waals surface area (Å²) in [6, 6.07) is 7.89. The van der Waals surface area contributed by atoms with Gasteiger partial charge in [-0.1, -0.05) is 17.7 Å². The number of rotatable bonds is 4. The van der Waals surface area contributed by atoms with E-state index in [0.717, 1.165) is 6.42 Å². The predicted octanol–water partition coefficient (Wildman–Crippen LogP) is 3.42. The maximum absolute atomic E-state index is 5.84. The molecule has 1 unspecified atom stereocenters. The molecule has 2 aromatic heterocycles. The molecular formula is C12H14ClN3S. The molecule has 0 aromatic carbocycles. The molecule has 0 aliphatic carbocycles. The molecule has 0 aliphatic heterocycles. The average molecular weight is 268 g/mol. The Morgan fingerprint density at radius 2 is 2.29 bits per heavy atom. The van der Waals surface area contributed by atoms with E-state index in [2.05, 4.69) is 34.7 Å². The van der Waals surface area contributed by atoms with E-state index in [1.807, 2.05) is 0 Å². The van der Waals surface area contributed by atoms with Crippen LogP contribution in [0.3, 0.4) is 0 Å². The number of pyridine rings is 1. The van der Waals surface area contributed by atoms with E-state index in [1.165, 1.54) is 4.88 Å². The first kappa shape index (κ1) is 12.2. The van der Waals surface area contributed by atoms with Crippen molar-refractivity contribution >= 4 is 34.4 Å². The molecule has 1 atom stereocenters. The molecule has 17 heavy (non-hydrogen) atoms.